The van der Waals surface area contributed by atoms with E-state index in [0.717, 1.165) is 24.3 Å². The van der Waals surface area contributed by atoms with Crippen molar-refractivity contribution in [3.8, 4) is 0 Å². The second-order valence-electron chi connectivity index (χ2n) is 6.97. The van der Waals surface area contributed by atoms with E-state index in [4.69, 9.17) is 4.42 Å². The van der Waals surface area contributed by atoms with Gasteiger partial charge in [0, 0.05) is 30.9 Å². The van der Waals surface area contributed by atoms with Gasteiger partial charge in [-0.05, 0) is 52.5 Å². The van der Waals surface area contributed by atoms with Crippen LogP contribution in [0.4, 0.5) is 0 Å². The topological polar surface area (TPSA) is 68.3 Å². The van der Waals surface area contributed by atoms with Gasteiger partial charge in [-0.15, -0.1) is 0 Å². The molecule has 0 atom stereocenters. The van der Waals surface area contributed by atoms with Crippen molar-refractivity contribution >= 4 is 5.91 Å². The number of furan rings is 1. The van der Waals surface area contributed by atoms with Gasteiger partial charge < -0.3 is 9.32 Å². The highest BCUT2D eigenvalue weighted by Gasteiger charge is 2.26. The number of amides is 1. The molecule has 0 saturated carbocycles. The average molecular weight is 343 g/mol. The number of aromatic nitrogens is 2. The minimum Gasteiger partial charge on any atom is -0.466 e. The summed E-state index contributed by atoms with van der Waals surface area (Å²) in [5, 5.41) is 0. The molecule has 25 heavy (non-hydrogen) atoms. The lowest BCUT2D eigenvalue weighted by Crippen LogP contribution is -2.40. The van der Waals surface area contributed by atoms with Crippen LogP contribution in [-0.2, 0) is 6.54 Å². The van der Waals surface area contributed by atoms with E-state index in [1.807, 2.05) is 38.7 Å². The number of rotatable bonds is 3. The Balaban J connectivity index is 1.62. The SMILES string of the molecule is Cc1cc(C(=O)N2CCC(Cn3cnc(C)c(C)c3=O)CC2)c(C)o1. The monoisotopic (exact) mass is 343 g/mol. The summed E-state index contributed by atoms with van der Waals surface area (Å²) in [6.07, 6.45) is 3.42. The number of carbonyl (C=O) groups is 1. The molecule has 0 radical (unpaired) electrons. The summed E-state index contributed by atoms with van der Waals surface area (Å²) in [6, 6.07) is 1.81. The summed E-state index contributed by atoms with van der Waals surface area (Å²) in [5.74, 6) is 1.87. The zero-order chi connectivity index (χ0) is 18.1. The van der Waals surface area contributed by atoms with E-state index < -0.39 is 0 Å². The van der Waals surface area contributed by atoms with Crippen molar-refractivity contribution < 1.29 is 9.21 Å². The molecular formula is C19H25N3O3. The summed E-state index contributed by atoms with van der Waals surface area (Å²) in [7, 11) is 0. The first-order valence-corrected chi connectivity index (χ1v) is 8.75. The van der Waals surface area contributed by atoms with Gasteiger partial charge in [-0.25, -0.2) is 4.98 Å². The van der Waals surface area contributed by atoms with Gasteiger partial charge in [-0.1, -0.05) is 0 Å². The van der Waals surface area contributed by atoms with Crippen LogP contribution in [0.15, 0.2) is 21.6 Å². The molecule has 1 amide bonds. The molecule has 2 aromatic heterocycles. The molecule has 0 bridgehead atoms. The molecule has 0 spiro atoms. The number of hydrogen-bond acceptors (Lipinski definition) is 4. The predicted octanol–water partition coefficient (Wildman–Crippen LogP) is 2.62. The second-order valence-corrected chi connectivity index (χ2v) is 6.97. The summed E-state index contributed by atoms with van der Waals surface area (Å²) < 4.78 is 7.17. The van der Waals surface area contributed by atoms with Gasteiger partial charge in [0.2, 0.25) is 0 Å². The van der Waals surface area contributed by atoms with E-state index >= 15 is 0 Å². The van der Waals surface area contributed by atoms with Crippen LogP contribution in [0, 0.1) is 33.6 Å². The molecule has 134 valence electrons. The van der Waals surface area contributed by atoms with Gasteiger partial charge in [-0.2, -0.15) is 0 Å². The van der Waals surface area contributed by atoms with Crippen LogP contribution in [0.5, 0.6) is 0 Å². The Morgan fingerprint density at radius 2 is 1.92 bits per heavy atom. The fourth-order valence-corrected chi connectivity index (χ4v) is 3.42. The van der Waals surface area contributed by atoms with Crippen LogP contribution < -0.4 is 5.56 Å². The van der Waals surface area contributed by atoms with Crippen molar-refractivity contribution in [3.63, 3.8) is 0 Å². The van der Waals surface area contributed by atoms with E-state index in [1.54, 1.807) is 10.9 Å². The molecule has 0 N–H and O–H groups in total. The highest BCUT2D eigenvalue weighted by atomic mass is 16.3. The number of piperidine rings is 1. The molecule has 1 aliphatic heterocycles. The van der Waals surface area contributed by atoms with Crippen molar-refractivity contribution in [1.82, 2.24) is 14.5 Å². The van der Waals surface area contributed by atoms with E-state index in [-0.39, 0.29) is 11.5 Å². The number of carbonyl (C=O) groups excluding carboxylic acids is 1. The third-order valence-corrected chi connectivity index (χ3v) is 5.14. The Labute approximate surface area is 147 Å². The molecular weight excluding hydrogens is 318 g/mol. The maximum absolute atomic E-state index is 12.6. The number of likely N-dealkylation sites (tertiary alicyclic amines) is 1. The molecule has 1 aliphatic rings. The van der Waals surface area contributed by atoms with Crippen LogP contribution in [0.25, 0.3) is 0 Å². The number of nitrogens with zero attached hydrogens (tertiary/aromatic N) is 3. The zero-order valence-corrected chi connectivity index (χ0v) is 15.3. The van der Waals surface area contributed by atoms with Gasteiger partial charge in [0.15, 0.2) is 0 Å². The smallest absolute Gasteiger partial charge is 0.257 e. The van der Waals surface area contributed by atoms with Gasteiger partial charge in [0.25, 0.3) is 11.5 Å². The van der Waals surface area contributed by atoms with Crippen LogP contribution in [0.1, 0.15) is 46.0 Å². The second kappa shape index (κ2) is 6.86. The molecule has 6 heteroatoms. The Morgan fingerprint density at radius 1 is 1.24 bits per heavy atom. The summed E-state index contributed by atoms with van der Waals surface area (Å²) in [4.78, 5) is 31.1. The molecule has 0 aromatic carbocycles. The van der Waals surface area contributed by atoms with Crippen molar-refractivity contribution in [2.45, 2.75) is 47.1 Å². The molecule has 6 nitrogen and oxygen atoms in total. The van der Waals surface area contributed by atoms with Gasteiger partial charge in [0.1, 0.15) is 11.5 Å². The number of hydrogen-bond donors (Lipinski definition) is 0. The summed E-state index contributed by atoms with van der Waals surface area (Å²) >= 11 is 0. The molecule has 1 saturated heterocycles. The fourth-order valence-electron chi connectivity index (χ4n) is 3.42. The van der Waals surface area contributed by atoms with E-state index in [0.29, 0.717) is 42.4 Å². The van der Waals surface area contributed by atoms with Crippen LogP contribution in [0.2, 0.25) is 0 Å². The third-order valence-electron chi connectivity index (χ3n) is 5.14. The normalized spacial score (nSPS) is 15.6. The van der Waals surface area contributed by atoms with E-state index in [1.165, 1.54) is 0 Å². The molecule has 1 fully saturated rings. The van der Waals surface area contributed by atoms with Gasteiger partial charge in [-0.3, -0.25) is 14.2 Å². The molecule has 3 heterocycles. The first kappa shape index (κ1) is 17.5. The predicted molar refractivity (Wildman–Crippen MR) is 94.8 cm³/mol. The van der Waals surface area contributed by atoms with Crippen LogP contribution in [-0.4, -0.2) is 33.4 Å². The minimum absolute atomic E-state index is 0.0375. The maximum Gasteiger partial charge on any atom is 0.257 e. The number of aryl methyl sites for hydroxylation is 3. The first-order valence-electron chi connectivity index (χ1n) is 8.75. The van der Waals surface area contributed by atoms with Crippen molar-refractivity contribution in [2.75, 3.05) is 13.1 Å². The van der Waals surface area contributed by atoms with Crippen LogP contribution >= 0.6 is 0 Å². The van der Waals surface area contributed by atoms with Gasteiger partial charge >= 0.3 is 0 Å². The van der Waals surface area contributed by atoms with Crippen molar-refractivity contribution in [3.05, 3.63) is 51.1 Å². The lowest BCUT2D eigenvalue weighted by atomic mass is 9.96. The largest absolute Gasteiger partial charge is 0.466 e. The lowest BCUT2D eigenvalue weighted by Gasteiger charge is -2.32. The molecule has 0 aliphatic carbocycles. The lowest BCUT2D eigenvalue weighted by molar-refractivity contribution is 0.0680. The summed E-state index contributed by atoms with van der Waals surface area (Å²) in [5.41, 5.74) is 2.19. The quantitative estimate of drug-likeness (QED) is 0.859. The average Bonchev–Trinajstić information content (AvgIpc) is 2.94. The first-order chi connectivity index (χ1) is 11.9. The Hall–Kier alpha value is -2.37. The fraction of sp³-hybridized carbons (Fsp3) is 0.526. The molecule has 3 rings (SSSR count). The standard InChI is InChI=1S/C19H25N3O3/c1-12-9-17(15(4)25-12)19(24)21-7-5-16(6-8-21)10-22-11-20-14(3)13(2)18(22)23/h9,11,16H,5-8,10H2,1-4H3. The van der Waals surface area contributed by atoms with Crippen LogP contribution in [0.3, 0.4) is 0 Å². The zero-order valence-electron chi connectivity index (χ0n) is 15.3. The van der Waals surface area contributed by atoms with Gasteiger partial charge in [0.05, 0.1) is 11.9 Å². The van der Waals surface area contributed by atoms with E-state index in [2.05, 4.69) is 4.98 Å². The highest BCUT2D eigenvalue weighted by molar-refractivity contribution is 5.95. The Bertz CT molecular complexity index is 842. The third kappa shape index (κ3) is 3.52. The van der Waals surface area contributed by atoms with E-state index in [9.17, 15) is 9.59 Å². The maximum atomic E-state index is 12.6. The van der Waals surface area contributed by atoms with Crippen molar-refractivity contribution in [1.29, 1.82) is 0 Å². The highest BCUT2D eigenvalue weighted by Crippen LogP contribution is 2.22. The Morgan fingerprint density at radius 3 is 2.52 bits per heavy atom. The summed E-state index contributed by atoms with van der Waals surface area (Å²) in [6.45, 7) is 9.43. The molecule has 0 unspecified atom stereocenters. The van der Waals surface area contributed by atoms with Crippen molar-refractivity contribution in [2.24, 2.45) is 5.92 Å². The Kier molecular flexibility index (Phi) is 4.79. The minimum atomic E-state index is 0.0375. The molecule has 2 aromatic rings.